The molecular weight excluding hydrogens is 829 g/mol. The lowest BCUT2D eigenvalue weighted by Crippen LogP contribution is -2.30. The van der Waals surface area contributed by atoms with Crippen LogP contribution in [0.5, 0.6) is 0 Å². The Hall–Kier alpha value is -1.85. The molecule has 1 atom stereocenters. The van der Waals surface area contributed by atoms with Gasteiger partial charge in [0.1, 0.15) is 13.2 Å². The fourth-order valence-electron chi connectivity index (χ4n) is 9.21. The van der Waals surface area contributed by atoms with Crippen LogP contribution in [0.2, 0.25) is 0 Å². The lowest BCUT2D eigenvalue weighted by Gasteiger charge is -2.18. The highest BCUT2D eigenvalue weighted by atomic mass is 16.6. The Morgan fingerprint density at radius 3 is 0.761 bits per heavy atom. The summed E-state index contributed by atoms with van der Waals surface area (Å²) in [5.74, 6) is -0.850. The predicted octanol–water partition coefficient (Wildman–Crippen LogP) is 20.1. The fraction of sp³-hybridized carbons (Fsp3) is 0.918. The minimum absolute atomic E-state index is 0.0664. The molecule has 0 aliphatic rings. The SMILES string of the molecule is CCCCCC/C=C\CCCCCCCC(=O)OCC(COC(=O)CCCCCCCCCCCCCCCCCCCCCCCC)OC(=O)CCCCCCCCCCCCCCCC. The minimum Gasteiger partial charge on any atom is -0.462 e. The molecule has 396 valence electrons. The largest absolute Gasteiger partial charge is 0.462 e. The summed E-state index contributed by atoms with van der Waals surface area (Å²) in [5.41, 5.74) is 0. The van der Waals surface area contributed by atoms with Crippen molar-refractivity contribution in [2.24, 2.45) is 0 Å². The Morgan fingerprint density at radius 1 is 0.284 bits per heavy atom. The molecule has 1 unspecified atom stereocenters. The first-order valence-electron chi connectivity index (χ1n) is 30.2. The molecule has 0 aliphatic carbocycles. The van der Waals surface area contributed by atoms with Gasteiger partial charge in [-0.1, -0.05) is 290 Å². The van der Waals surface area contributed by atoms with E-state index in [1.54, 1.807) is 0 Å². The smallest absolute Gasteiger partial charge is 0.306 e. The van der Waals surface area contributed by atoms with Gasteiger partial charge in [0.2, 0.25) is 0 Å². The van der Waals surface area contributed by atoms with Gasteiger partial charge in [-0.15, -0.1) is 0 Å². The molecule has 0 aromatic heterocycles. The summed E-state index contributed by atoms with van der Waals surface area (Å²) in [4.78, 5) is 38.1. The standard InChI is InChI=1S/C61H116O6/c1-4-7-10-13-16-19-22-25-27-28-29-30-31-32-33-34-37-39-42-45-48-51-54-60(63)66-57-58(56-65-59(62)53-50-47-44-41-38-35-24-21-18-15-12-9-6-3)67-61(64)55-52-49-46-43-40-36-26-23-20-17-14-11-8-5-2/h21,24,58H,4-20,22-23,25-57H2,1-3H3/b24-21-. The van der Waals surface area contributed by atoms with E-state index in [1.165, 1.54) is 238 Å². The van der Waals surface area contributed by atoms with Gasteiger partial charge in [-0.25, -0.2) is 0 Å². The van der Waals surface area contributed by atoms with Crippen molar-refractivity contribution in [2.75, 3.05) is 13.2 Å². The van der Waals surface area contributed by atoms with Gasteiger partial charge in [-0.2, -0.15) is 0 Å². The van der Waals surface area contributed by atoms with Gasteiger partial charge in [-0.3, -0.25) is 14.4 Å². The highest BCUT2D eigenvalue weighted by Crippen LogP contribution is 2.18. The van der Waals surface area contributed by atoms with Gasteiger partial charge in [0.15, 0.2) is 6.10 Å². The lowest BCUT2D eigenvalue weighted by atomic mass is 10.0. The van der Waals surface area contributed by atoms with Crippen LogP contribution in [0, 0.1) is 0 Å². The molecule has 0 heterocycles. The number of carbonyl (C=O) groups excluding carboxylic acids is 3. The van der Waals surface area contributed by atoms with Gasteiger partial charge in [0.25, 0.3) is 0 Å². The molecule has 6 nitrogen and oxygen atoms in total. The maximum atomic E-state index is 12.8. The summed E-state index contributed by atoms with van der Waals surface area (Å²) < 4.78 is 16.9. The van der Waals surface area contributed by atoms with E-state index in [4.69, 9.17) is 14.2 Å². The first-order valence-corrected chi connectivity index (χ1v) is 30.2. The summed E-state index contributed by atoms with van der Waals surface area (Å²) in [5, 5.41) is 0. The van der Waals surface area contributed by atoms with Crippen molar-refractivity contribution < 1.29 is 28.6 Å². The van der Waals surface area contributed by atoms with Crippen LogP contribution >= 0.6 is 0 Å². The van der Waals surface area contributed by atoms with Crippen LogP contribution in [0.15, 0.2) is 12.2 Å². The average Bonchev–Trinajstić information content (AvgIpc) is 3.33. The third-order valence-electron chi connectivity index (χ3n) is 13.8. The summed E-state index contributed by atoms with van der Waals surface area (Å²) in [7, 11) is 0. The topological polar surface area (TPSA) is 78.9 Å². The highest BCUT2D eigenvalue weighted by molar-refractivity contribution is 5.71. The minimum atomic E-state index is -0.767. The summed E-state index contributed by atoms with van der Waals surface area (Å²) in [6.45, 7) is 6.68. The van der Waals surface area contributed by atoms with Crippen LogP contribution in [-0.4, -0.2) is 37.2 Å². The second-order valence-corrected chi connectivity index (χ2v) is 20.6. The molecule has 0 fully saturated rings. The Morgan fingerprint density at radius 2 is 0.493 bits per heavy atom. The number of rotatable bonds is 56. The van der Waals surface area contributed by atoms with Crippen molar-refractivity contribution >= 4 is 17.9 Å². The van der Waals surface area contributed by atoms with E-state index in [2.05, 4.69) is 32.9 Å². The normalized spacial score (nSPS) is 12.0. The van der Waals surface area contributed by atoms with Crippen molar-refractivity contribution in [3.8, 4) is 0 Å². The monoisotopic (exact) mass is 945 g/mol. The Kier molecular flexibility index (Phi) is 55.2. The third kappa shape index (κ3) is 55.0. The van der Waals surface area contributed by atoms with Crippen LogP contribution in [0.25, 0.3) is 0 Å². The van der Waals surface area contributed by atoms with E-state index in [0.29, 0.717) is 19.3 Å². The van der Waals surface area contributed by atoms with Crippen LogP contribution in [0.3, 0.4) is 0 Å². The zero-order chi connectivity index (χ0) is 48.6. The Bertz CT molecular complexity index is 1040. The molecule has 0 aromatic rings. The molecule has 0 amide bonds. The number of carbonyl (C=O) groups is 3. The maximum Gasteiger partial charge on any atom is 0.306 e. The fourth-order valence-corrected chi connectivity index (χ4v) is 9.21. The zero-order valence-corrected chi connectivity index (χ0v) is 45.5. The van der Waals surface area contributed by atoms with Gasteiger partial charge in [0.05, 0.1) is 0 Å². The van der Waals surface area contributed by atoms with Crippen molar-refractivity contribution in [1.29, 1.82) is 0 Å². The second kappa shape index (κ2) is 56.7. The van der Waals surface area contributed by atoms with Gasteiger partial charge >= 0.3 is 17.9 Å². The molecule has 0 N–H and O–H groups in total. The van der Waals surface area contributed by atoms with E-state index < -0.39 is 6.10 Å². The number of unbranched alkanes of at least 4 members (excludes halogenated alkanes) is 43. The molecular formula is C61H116O6. The number of esters is 3. The quantitative estimate of drug-likeness (QED) is 0.0262. The molecule has 0 radical (unpaired) electrons. The van der Waals surface area contributed by atoms with Gasteiger partial charge in [0, 0.05) is 19.3 Å². The second-order valence-electron chi connectivity index (χ2n) is 20.6. The lowest BCUT2D eigenvalue weighted by molar-refractivity contribution is -0.167. The molecule has 0 saturated carbocycles. The van der Waals surface area contributed by atoms with E-state index in [-0.39, 0.29) is 31.1 Å². The molecule has 0 aliphatic heterocycles. The van der Waals surface area contributed by atoms with E-state index in [0.717, 1.165) is 64.2 Å². The Labute approximate surface area is 418 Å². The van der Waals surface area contributed by atoms with E-state index >= 15 is 0 Å². The maximum absolute atomic E-state index is 12.8. The van der Waals surface area contributed by atoms with Crippen LogP contribution in [0.1, 0.15) is 342 Å². The highest BCUT2D eigenvalue weighted by Gasteiger charge is 2.19. The first-order chi connectivity index (χ1) is 33.0. The molecule has 0 spiro atoms. The molecule has 0 aromatic carbocycles. The van der Waals surface area contributed by atoms with Crippen molar-refractivity contribution in [3.05, 3.63) is 12.2 Å². The molecule has 67 heavy (non-hydrogen) atoms. The number of hydrogen-bond donors (Lipinski definition) is 0. The summed E-state index contributed by atoms with van der Waals surface area (Å²) in [6, 6.07) is 0. The third-order valence-corrected chi connectivity index (χ3v) is 13.8. The van der Waals surface area contributed by atoms with Gasteiger partial charge < -0.3 is 14.2 Å². The first kappa shape index (κ1) is 65.1. The van der Waals surface area contributed by atoms with Crippen LogP contribution < -0.4 is 0 Å². The van der Waals surface area contributed by atoms with E-state index in [9.17, 15) is 14.4 Å². The van der Waals surface area contributed by atoms with Crippen LogP contribution in [0.4, 0.5) is 0 Å². The zero-order valence-electron chi connectivity index (χ0n) is 45.5. The van der Waals surface area contributed by atoms with Gasteiger partial charge in [-0.05, 0) is 44.9 Å². The summed E-state index contributed by atoms with van der Waals surface area (Å²) in [6.07, 6.45) is 65.0. The molecule has 6 heteroatoms. The van der Waals surface area contributed by atoms with Crippen molar-refractivity contribution in [2.45, 2.75) is 348 Å². The van der Waals surface area contributed by atoms with Crippen molar-refractivity contribution in [1.82, 2.24) is 0 Å². The van der Waals surface area contributed by atoms with Crippen LogP contribution in [-0.2, 0) is 28.6 Å². The number of ether oxygens (including phenoxy) is 3. The van der Waals surface area contributed by atoms with E-state index in [1.807, 2.05) is 0 Å². The van der Waals surface area contributed by atoms with Crippen molar-refractivity contribution in [3.63, 3.8) is 0 Å². The number of allylic oxidation sites excluding steroid dienone is 2. The number of hydrogen-bond acceptors (Lipinski definition) is 6. The molecule has 0 saturated heterocycles. The molecule has 0 rings (SSSR count). The predicted molar refractivity (Wildman–Crippen MR) is 289 cm³/mol. The molecule has 0 bridgehead atoms. The summed E-state index contributed by atoms with van der Waals surface area (Å²) >= 11 is 0. The average molecular weight is 946 g/mol. The Balaban J connectivity index is 4.23.